The Morgan fingerprint density at radius 1 is 0.741 bits per heavy atom. The maximum Gasteiger partial charge on any atom is 0.144 e. The Balaban J connectivity index is 1.75. The fraction of sp³-hybridized carbons (Fsp3) is 0.0800. The van der Waals surface area contributed by atoms with Crippen molar-refractivity contribution in [2.75, 3.05) is 0 Å². The van der Waals surface area contributed by atoms with Crippen LogP contribution >= 0.6 is 0 Å². The van der Waals surface area contributed by atoms with Gasteiger partial charge < -0.3 is 4.42 Å². The summed E-state index contributed by atoms with van der Waals surface area (Å²) in [6.45, 7) is 4.31. The molecule has 130 valence electrons. The van der Waals surface area contributed by atoms with Crippen LogP contribution in [0, 0.1) is 13.8 Å². The molecule has 0 N–H and O–H groups in total. The highest BCUT2D eigenvalue weighted by atomic mass is 16.3. The van der Waals surface area contributed by atoms with Gasteiger partial charge in [0.05, 0.1) is 5.69 Å². The van der Waals surface area contributed by atoms with E-state index >= 15 is 0 Å². The van der Waals surface area contributed by atoms with E-state index in [1.807, 2.05) is 24.4 Å². The number of benzene rings is 3. The second kappa shape index (κ2) is 6.10. The fourth-order valence-corrected chi connectivity index (χ4v) is 3.95. The number of aryl methyl sites for hydroxylation is 2. The van der Waals surface area contributed by atoms with Crippen molar-refractivity contribution in [3.05, 3.63) is 90.1 Å². The van der Waals surface area contributed by atoms with Crippen molar-refractivity contribution >= 4 is 21.9 Å². The smallest absolute Gasteiger partial charge is 0.144 e. The predicted octanol–water partition coefficient (Wildman–Crippen LogP) is 6.93. The van der Waals surface area contributed by atoms with Crippen LogP contribution in [-0.4, -0.2) is 4.98 Å². The molecule has 0 spiro atoms. The minimum atomic E-state index is 0.893. The SMILES string of the molecule is Cc1cccc(C)c1-c1ccnc(-c2cccc3c2oc2ccccc23)c1. The van der Waals surface area contributed by atoms with E-state index in [9.17, 15) is 0 Å². The van der Waals surface area contributed by atoms with Crippen LogP contribution in [0.2, 0.25) is 0 Å². The van der Waals surface area contributed by atoms with Crippen molar-refractivity contribution in [1.82, 2.24) is 4.98 Å². The highest BCUT2D eigenvalue weighted by Crippen LogP contribution is 2.36. The van der Waals surface area contributed by atoms with E-state index in [-0.39, 0.29) is 0 Å². The van der Waals surface area contributed by atoms with Gasteiger partial charge in [0.15, 0.2) is 0 Å². The van der Waals surface area contributed by atoms with Gasteiger partial charge >= 0.3 is 0 Å². The molecule has 0 atom stereocenters. The molecule has 5 aromatic rings. The molecule has 0 amide bonds. The van der Waals surface area contributed by atoms with Crippen molar-refractivity contribution < 1.29 is 4.42 Å². The van der Waals surface area contributed by atoms with Gasteiger partial charge in [-0.25, -0.2) is 0 Å². The summed E-state index contributed by atoms with van der Waals surface area (Å²) in [5.41, 5.74) is 8.76. The summed E-state index contributed by atoms with van der Waals surface area (Å²) in [7, 11) is 0. The molecule has 0 saturated heterocycles. The Bertz CT molecular complexity index is 1280. The Hall–Kier alpha value is -3.39. The minimum Gasteiger partial charge on any atom is -0.455 e. The molecule has 0 aliphatic heterocycles. The van der Waals surface area contributed by atoms with Gasteiger partial charge in [0.25, 0.3) is 0 Å². The lowest BCUT2D eigenvalue weighted by Crippen LogP contribution is -1.90. The van der Waals surface area contributed by atoms with Crippen molar-refractivity contribution in [1.29, 1.82) is 0 Å². The highest BCUT2D eigenvalue weighted by Gasteiger charge is 2.14. The van der Waals surface area contributed by atoms with E-state index < -0.39 is 0 Å². The van der Waals surface area contributed by atoms with Gasteiger partial charge in [-0.05, 0) is 60.4 Å². The zero-order chi connectivity index (χ0) is 18.4. The molecule has 0 aliphatic rings. The van der Waals surface area contributed by atoms with Crippen molar-refractivity contribution in [3.8, 4) is 22.4 Å². The zero-order valence-corrected chi connectivity index (χ0v) is 15.4. The number of hydrogen-bond donors (Lipinski definition) is 0. The second-order valence-corrected chi connectivity index (χ2v) is 6.98. The summed E-state index contributed by atoms with van der Waals surface area (Å²) >= 11 is 0. The molecule has 0 bridgehead atoms. The van der Waals surface area contributed by atoms with Crippen molar-refractivity contribution in [3.63, 3.8) is 0 Å². The third kappa shape index (κ3) is 2.53. The molecule has 0 saturated carbocycles. The first-order valence-electron chi connectivity index (χ1n) is 9.15. The molecule has 2 nitrogen and oxygen atoms in total. The fourth-order valence-electron chi connectivity index (χ4n) is 3.95. The number of furan rings is 1. The number of rotatable bonds is 2. The number of hydrogen-bond acceptors (Lipinski definition) is 2. The van der Waals surface area contributed by atoms with E-state index in [2.05, 4.69) is 73.4 Å². The van der Waals surface area contributed by atoms with E-state index in [0.717, 1.165) is 33.2 Å². The molecule has 2 heterocycles. The first-order chi connectivity index (χ1) is 13.2. The summed E-state index contributed by atoms with van der Waals surface area (Å²) < 4.78 is 6.19. The molecular weight excluding hydrogens is 330 g/mol. The summed E-state index contributed by atoms with van der Waals surface area (Å²) in [5.74, 6) is 0. The summed E-state index contributed by atoms with van der Waals surface area (Å²) in [4.78, 5) is 4.65. The van der Waals surface area contributed by atoms with Crippen LogP contribution < -0.4 is 0 Å². The van der Waals surface area contributed by atoms with E-state index in [1.165, 1.54) is 22.3 Å². The van der Waals surface area contributed by atoms with Crippen LogP contribution in [-0.2, 0) is 0 Å². The molecule has 2 aromatic heterocycles. The molecule has 2 heteroatoms. The third-order valence-corrected chi connectivity index (χ3v) is 5.21. The van der Waals surface area contributed by atoms with Crippen molar-refractivity contribution in [2.24, 2.45) is 0 Å². The molecule has 3 aromatic carbocycles. The lowest BCUT2D eigenvalue weighted by atomic mass is 9.95. The maximum atomic E-state index is 6.19. The predicted molar refractivity (Wildman–Crippen MR) is 112 cm³/mol. The average Bonchev–Trinajstić information content (AvgIpc) is 3.07. The van der Waals surface area contributed by atoms with Crippen LogP contribution in [0.1, 0.15) is 11.1 Å². The van der Waals surface area contributed by atoms with E-state index in [0.29, 0.717) is 0 Å². The normalized spacial score (nSPS) is 11.3. The van der Waals surface area contributed by atoms with Crippen LogP contribution in [0.5, 0.6) is 0 Å². The third-order valence-electron chi connectivity index (χ3n) is 5.21. The Kier molecular flexibility index (Phi) is 3.58. The number of nitrogens with zero attached hydrogens (tertiary/aromatic N) is 1. The number of aromatic nitrogens is 1. The number of para-hydroxylation sites is 2. The molecule has 27 heavy (non-hydrogen) atoms. The molecular formula is C25H19NO. The average molecular weight is 349 g/mol. The van der Waals surface area contributed by atoms with E-state index in [4.69, 9.17) is 4.42 Å². The van der Waals surface area contributed by atoms with Crippen molar-refractivity contribution in [2.45, 2.75) is 13.8 Å². The zero-order valence-electron chi connectivity index (χ0n) is 15.4. The monoisotopic (exact) mass is 349 g/mol. The summed E-state index contributed by atoms with van der Waals surface area (Å²) in [6, 6.07) is 25.1. The molecule has 0 unspecified atom stereocenters. The Labute approximate surface area is 158 Å². The van der Waals surface area contributed by atoms with E-state index in [1.54, 1.807) is 0 Å². The van der Waals surface area contributed by atoms with Gasteiger partial charge in [-0.15, -0.1) is 0 Å². The summed E-state index contributed by atoms with van der Waals surface area (Å²) in [5, 5.41) is 2.27. The van der Waals surface area contributed by atoms with Gasteiger partial charge in [0.1, 0.15) is 11.2 Å². The van der Waals surface area contributed by atoms with Gasteiger partial charge in [0, 0.05) is 22.5 Å². The topological polar surface area (TPSA) is 26.0 Å². The van der Waals surface area contributed by atoms with Gasteiger partial charge in [-0.3, -0.25) is 4.98 Å². The highest BCUT2D eigenvalue weighted by molar-refractivity contribution is 6.09. The quantitative estimate of drug-likeness (QED) is 0.345. The van der Waals surface area contributed by atoms with Crippen LogP contribution in [0.4, 0.5) is 0 Å². The van der Waals surface area contributed by atoms with Crippen LogP contribution in [0.15, 0.2) is 83.4 Å². The molecule has 5 rings (SSSR count). The number of fused-ring (bicyclic) bond motifs is 3. The lowest BCUT2D eigenvalue weighted by Gasteiger charge is -2.11. The maximum absolute atomic E-state index is 6.19. The Morgan fingerprint density at radius 2 is 1.48 bits per heavy atom. The van der Waals surface area contributed by atoms with Gasteiger partial charge in [-0.2, -0.15) is 0 Å². The number of pyridine rings is 1. The largest absolute Gasteiger partial charge is 0.455 e. The summed E-state index contributed by atoms with van der Waals surface area (Å²) in [6.07, 6.45) is 1.89. The lowest BCUT2D eigenvalue weighted by molar-refractivity contribution is 0.670. The minimum absolute atomic E-state index is 0.893. The second-order valence-electron chi connectivity index (χ2n) is 6.98. The van der Waals surface area contributed by atoms with Gasteiger partial charge in [0.2, 0.25) is 0 Å². The Morgan fingerprint density at radius 3 is 2.33 bits per heavy atom. The van der Waals surface area contributed by atoms with Gasteiger partial charge in [-0.1, -0.05) is 48.5 Å². The van der Waals surface area contributed by atoms with Crippen LogP contribution in [0.25, 0.3) is 44.3 Å². The first-order valence-corrected chi connectivity index (χ1v) is 9.15. The first kappa shape index (κ1) is 15.8. The molecule has 0 radical (unpaired) electrons. The molecule has 0 fully saturated rings. The molecule has 0 aliphatic carbocycles. The van der Waals surface area contributed by atoms with Crippen LogP contribution in [0.3, 0.4) is 0 Å². The standard InChI is InChI=1S/C25H19NO/c1-16-7-5-8-17(2)24(16)18-13-14-26-22(15-18)21-11-6-10-20-19-9-3-4-12-23(19)27-25(20)21/h3-15H,1-2H3.